The van der Waals surface area contributed by atoms with E-state index in [-0.39, 0.29) is 0 Å². The van der Waals surface area contributed by atoms with E-state index in [4.69, 9.17) is 14.1 Å². The van der Waals surface area contributed by atoms with E-state index in [9.17, 15) is 0 Å². The van der Waals surface area contributed by atoms with Gasteiger partial charge in [-0.1, -0.05) is 6.42 Å². The normalized spacial score (nSPS) is 17.6. The van der Waals surface area contributed by atoms with E-state index in [0.717, 1.165) is 54.4 Å². The highest BCUT2D eigenvalue weighted by Gasteiger charge is 2.24. The van der Waals surface area contributed by atoms with Gasteiger partial charge in [0.15, 0.2) is 0 Å². The Hall–Kier alpha value is -2.60. The van der Waals surface area contributed by atoms with Crippen LogP contribution >= 0.6 is 0 Å². The highest BCUT2D eigenvalue weighted by Crippen LogP contribution is 2.29. The molecule has 1 saturated heterocycles. The van der Waals surface area contributed by atoms with Crippen LogP contribution in [0.2, 0.25) is 0 Å². The summed E-state index contributed by atoms with van der Waals surface area (Å²) in [5.41, 5.74) is 3.12. The van der Waals surface area contributed by atoms with Crippen LogP contribution in [0.5, 0.6) is 5.75 Å². The number of rotatable bonds is 7. The number of aryl methyl sites for hydroxylation is 3. The number of aromatic nitrogens is 3. The van der Waals surface area contributed by atoms with E-state index in [1.165, 1.54) is 19.3 Å². The smallest absolute Gasteiger partial charge is 0.226 e. The lowest BCUT2D eigenvalue weighted by atomic mass is 9.99. The van der Waals surface area contributed by atoms with Gasteiger partial charge in [-0.3, -0.25) is 4.90 Å². The Kier molecular flexibility index (Phi) is 6.00. The first-order valence-corrected chi connectivity index (χ1v) is 10.4. The van der Waals surface area contributed by atoms with Crippen LogP contribution in [0.1, 0.15) is 42.7 Å². The van der Waals surface area contributed by atoms with Crippen LogP contribution in [-0.2, 0) is 13.1 Å². The molecule has 1 unspecified atom stereocenters. The first-order valence-electron chi connectivity index (χ1n) is 10.4. The molecule has 6 heteroatoms. The summed E-state index contributed by atoms with van der Waals surface area (Å²) in [5, 5.41) is 0. The standard InChI is InChI=1S/C23H30N4O2/c1-17-14-19(7-8-22(17)28-3)23-25-21(18(2)29-23)15-27-11-5-4-6-20(27)9-12-26-13-10-24-16-26/h7-8,10,13-14,16,20H,4-6,9,11-12,15H2,1-3H3. The summed E-state index contributed by atoms with van der Waals surface area (Å²) in [5.74, 6) is 2.48. The maximum absolute atomic E-state index is 6.03. The molecule has 0 radical (unpaired) electrons. The van der Waals surface area contributed by atoms with Crippen molar-refractivity contribution in [3.05, 3.63) is 53.9 Å². The zero-order chi connectivity index (χ0) is 20.2. The summed E-state index contributed by atoms with van der Waals surface area (Å²) < 4.78 is 13.6. The van der Waals surface area contributed by atoms with Crippen molar-refractivity contribution in [3.8, 4) is 17.2 Å². The molecule has 1 aliphatic rings. The average Bonchev–Trinajstić information content (AvgIpc) is 3.37. The molecular formula is C23H30N4O2. The SMILES string of the molecule is COc1ccc(-c2nc(CN3CCCCC3CCn3ccnc3)c(C)o2)cc1C. The van der Waals surface area contributed by atoms with Gasteiger partial charge < -0.3 is 13.7 Å². The maximum Gasteiger partial charge on any atom is 0.226 e. The lowest BCUT2D eigenvalue weighted by Crippen LogP contribution is -2.39. The minimum atomic E-state index is 0.578. The topological polar surface area (TPSA) is 56.3 Å². The molecule has 0 N–H and O–H groups in total. The Labute approximate surface area is 172 Å². The third-order valence-electron chi connectivity index (χ3n) is 5.92. The van der Waals surface area contributed by atoms with Crippen molar-refractivity contribution >= 4 is 0 Å². The highest BCUT2D eigenvalue weighted by atomic mass is 16.5. The Morgan fingerprint density at radius 3 is 2.90 bits per heavy atom. The molecule has 29 heavy (non-hydrogen) atoms. The average molecular weight is 395 g/mol. The lowest BCUT2D eigenvalue weighted by Gasteiger charge is -2.35. The lowest BCUT2D eigenvalue weighted by molar-refractivity contribution is 0.126. The molecular weight excluding hydrogens is 364 g/mol. The van der Waals surface area contributed by atoms with Crippen LogP contribution in [0.4, 0.5) is 0 Å². The van der Waals surface area contributed by atoms with Crippen molar-refractivity contribution in [2.75, 3.05) is 13.7 Å². The summed E-state index contributed by atoms with van der Waals surface area (Å²) in [6.07, 6.45) is 10.7. The van der Waals surface area contributed by atoms with Crippen molar-refractivity contribution in [3.63, 3.8) is 0 Å². The largest absolute Gasteiger partial charge is 0.496 e. The number of hydrogen-bond donors (Lipinski definition) is 0. The molecule has 2 aromatic heterocycles. The molecule has 6 nitrogen and oxygen atoms in total. The van der Waals surface area contributed by atoms with Gasteiger partial charge >= 0.3 is 0 Å². The van der Waals surface area contributed by atoms with E-state index in [0.29, 0.717) is 11.9 Å². The fraction of sp³-hybridized carbons (Fsp3) is 0.478. The van der Waals surface area contributed by atoms with Crippen LogP contribution in [0.15, 0.2) is 41.3 Å². The van der Waals surface area contributed by atoms with Crippen LogP contribution in [0.25, 0.3) is 11.5 Å². The Morgan fingerprint density at radius 2 is 2.14 bits per heavy atom. The van der Waals surface area contributed by atoms with E-state index in [1.54, 1.807) is 7.11 Å². The first kappa shape index (κ1) is 19.7. The van der Waals surface area contributed by atoms with E-state index < -0.39 is 0 Å². The van der Waals surface area contributed by atoms with Gasteiger partial charge in [-0.15, -0.1) is 0 Å². The van der Waals surface area contributed by atoms with Crippen molar-refractivity contribution in [1.29, 1.82) is 0 Å². The van der Waals surface area contributed by atoms with Gasteiger partial charge in [0.25, 0.3) is 0 Å². The molecule has 1 atom stereocenters. The molecule has 3 heterocycles. The Bertz CT molecular complexity index is 933. The number of likely N-dealkylation sites (tertiary alicyclic amines) is 1. The Morgan fingerprint density at radius 1 is 1.24 bits per heavy atom. The number of methoxy groups -OCH3 is 1. The minimum Gasteiger partial charge on any atom is -0.496 e. The summed E-state index contributed by atoms with van der Waals surface area (Å²) in [4.78, 5) is 11.6. The molecule has 0 aliphatic carbocycles. The van der Waals surface area contributed by atoms with Gasteiger partial charge in [-0.05, 0) is 63.4 Å². The summed E-state index contributed by atoms with van der Waals surface area (Å²) in [6.45, 7) is 7.04. The molecule has 0 spiro atoms. The predicted molar refractivity (Wildman–Crippen MR) is 113 cm³/mol. The molecule has 1 fully saturated rings. The van der Waals surface area contributed by atoms with Crippen LogP contribution in [0.3, 0.4) is 0 Å². The number of piperidine rings is 1. The van der Waals surface area contributed by atoms with Crippen LogP contribution in [-0.4, -0.2) is 39.1 Å². The Balaban J connectivity index is 1.47. The second-order valence-corrected chi connectivity index (χ2v) is 7.92. The highest BCUT2D eigenvalue weighted by molar-refractivity contribution is 5.57. The second kappa shape index (κ2) is 8.82. The number of imidazole rings is 1. The molecule has 1 aliphatic heterocycles. The number of oxazole rings is 1. The molecule has 4 rings (SSSR count). The summed E-state index contributed by atoms with van der Waals surface area (Å²) >= 11 is 0. The number of benzene rings is 1. The van der Waals surface area contributed by atoms with Crippen molar-refractivity contribution in [2.24, 2.45) is 0 Å². The zero-order valence-corrected chi connectivity index (χ0v) is 17.6. The van der Waals surface area contributed by atoms with E-state index in [2.05, 4.69) is 20.5 Å². The molecule has 154 valence electrons. The number of nitrogens with zero attached hydrogens (tertiary/aromatic N) is 4. The molecule has 1 aromatic carbocycles. The van der Waals surface area contributed by atoms with Gasteiger partial charge in [0.05, 0.1) is 19.1 Å². The molecule has 0 saturated carbocycles. The quantitative estimate of drug-likeness (QED) is 0.586. The van der Waals surface area contributed by atoms with Crippen molar-refractivity contribution in [1.82, 2.24) is 19.4 Å². The fourth-order valence-electron chi connectivity index (χ4n) is 4.21. The fourth-order valence-corrected chi connectivity index (χ4v) is 4.21. The minimum absolute atomic E-state index is 0.578. The van der Waals surface area contributed by atoms with Crippen molar-refractivity contribution < 1.29 is 9.15 Å². The number of hydrogen-bond acceptors (Lipinski definition) is 5. The molecule has 3 aromatic rings. The van der Waals surface area contributed by atoms with Gasteiger partial charge in [0, 0.05) is 37.1 Å². The van der Waals surface area contributed by atoms with E-state index in [1.807, 2.05) is 44.7 Å². The second-order valence-electron chi connectivity index (χ2n) is 7.92. The van der Waals surface area contributed by atoms with Crippen LogP contribution < -0.4 is 4.74 Å². The summed E-state index contributed by atoms with van der Waals surface area (Å²) in [7, 11) is 1.69. The van der Waals surface area contributed by atoms with E-state index >= 15 is 0 Å². The molecule has 0 bridgehead atoms. The maximum atomic E-state index is 6.03. The van der Waals surface area contributed by atoms with Gasteiger partial charge in [0.2, 0.25) is 5.89 Å². The van der Waals surface area contributed by atoms with Crippen molar-refractivity contribution in [2.45, 2.75) is 58.7 Å². The van der Waals surface area contributed by atoms with Gasteiger partial charge in [-0.2, -0.15) is 0 Å². The predicted octanol–water partition coefficient (Wildman–Crippen LogP) is 4.61. The van der Waals surface area contributed by atoms with Gasteiger partial charge in [-0.25, -0.2) is 9.97 Å². The first-order chi connectivity index (χ1) is 14.1. The summed E-state index contributed by atoms with van der Waals surface area (Å²) in [6, 6.07) is 6.63. The zero-order valence-electron chi connectivity index (χ0n) is 17.6. The third kappa shape index (κ3) is 4.53. The van der Waals surface area contributed by atoms with Crippen LogP contribution in [0, 0.1) is 13.8 Å². The monoisotopic (exact) mass is 394 g/mol. The van der Waals surface area contributed by atoms with Gasteiger partial charge in [0.1, 0.15) is 11.5 Å². The number of ether oxygens (including phenoxy) is 1. The third-order valence-corrected chi connectivity index (χ3v) is 5.92. The molecule has 0 amide bonds.